The molecule has 0 unspecified atom stereocenters. The average Bonchev–Trinajstić information content (AvgIpc) is 3.06. The Labute approximate surface area is 315 Å². The Morgan fingerprint density at radius 2 is 1.40 bits per heavy atom. The number of amides is 1. The summed E-state index contributed by atoms with van der Waals surface area (Å²) in [7, 11) is 0. The monoisotopic (exact) mass is 749 g/mol. The molecule has 4 aliphatic heterocycles. The summed E-state index contributed by atoms with van der Waals surface area (Å²) in [6.45, 7) is 17.4. The molecular formula is C39H48ClN5O2S3. The lowest BCUT2D eigenvalue weighted by molar-refractivity contribution is -0.113. The van der Waals surface area contributed by atoms with E-state index in [1.165, 1.54) is 49.8 Å². The van der Waals surface area contributed by atoms with Gasteiger partial charge in [-0.05, 0) is 92.9 Å². The normalized spacial score (nSPS) is 14.5. The second-order valence-corrected chi connectivity index (χ2v) is 15.1. The van der Waals surface area contributed by atoms with Gasteiger partial charge in [0.2, 0.25) is 5.91 Å². The maximum absolute atomic E-state index is 11.1. The lowest BCUT2D eigenvalue weighted by Gasteiger charge is -2.19. The van der Waals surface area contributed by atoms with E-state index in [2.05, 4.69) is 89.7 Å². The number of aryl methyl sites for hydroxylation is 4. The van der Waals surface area contributed by atoms with E-state index in [-0.39, 0.29) is 20.8 Å². The van der Waals surface area contributed by atoms with Gasteiger partial charge in [-0.3, -0.25) is 4.79 Å². The minimum absolute atomic E-state index is 0. The largest absolute Gasteiger partial charge is 0.484 e. The molecular weight excluding hydrogens is 702 g/mol. The van der Waals surface area contributed by atoms with Crippen molar-refractivity contribution >= 4 is 75.7 Å². The molecule has 0 atom stereocenters. The molecule has 4 aromatic rings. The number of nitrogens with zero attached hydrogens (tertiary/aromatic N) is 1. The number of fused-ring (bicyclic) bond motifs is 4. The number of carbonyl (C=O) groups excluding carboxylic acids is 1. The van der Waals surface area contributed by atoms with Crippen molar-refractivity contribution in [1.29, 1.82) is 0 Å². The number of hydrogen-bond donors (Lipinski definition) is 4. The number of hydrogen-bond acceptors (Lipinski definition) is 9. The molecule has 0 bridgehead atoms. The predicted octanol–water partition coefficient (Wildman–Crippen LogP) is 11.2. The summed E-state index contributed by atoms with van der Waals surface area (Å²) in [5.41, 5.74) is 9.91. The molecule has 50 heavy (non-hydrogen) atoms. The van der Waals surface area contributed by atoms with E-state index in [0.717, 1.165) is 62.1 Å². The van der Waals surface area contributed by atoms with Crippen molar-refractivity contribution in [3.05, 3.63) is 113 Å². The lowest BCUT2D eigenvalue weighted by atomic mass is 10.2. The molecule has 0 spiro atoms. The van der Waals surface area contributed by atoms with Crippen LogP contribution < -0.4 is 26.0 Å². The van der Waals surface area contributed by atoms with E-state index in [1.807, 2.05) is 61.6 Å². The quantitative estimate of drug-likeness (QED) is 0.140. The zero-order valence-corrected chi connectivity index (χ0v) is 30.8. The number of thioether (sulfide) groups is 3. The van der Waals surface area contributed by atoms with E-state index < -0.39 is 0 Å². The number of nitrogens with one attached hydrogen (secondary N) is 4. The van der Waals surface area contributed by atoms with Crippen molar-refractivity contribution in [3.63, 3.8) is 0 Å². The third kappa shape index (κ3) is 11.4. The smallest absolute Gasteiger partial charge is 0.234 e. The van der Waals surface area contributed by atoms with Crippen LogP contribution in [0.4, 0.5) is 22.9 Å². The number of ether oxygens (including phenoxy) is 1. The minimum Gasteiger partial charge on any atom is -0.484 e. The van der Waals surface area contributed by atoms with Crippen LogP contribution in [0.3, 0.4) is 0 Å². The molecule has 0 radical (unpaired) electrons. The summed E-state index contributed by atoms with van der Waals surface area (Å²) in [5, 5.41) is 13.3. The van der Waals surface area contributed by atoms with Gasteiger partial charge in [-0.2, -0.15) is 0 Å². The fourth-order valence-electron chi connectivity index (χ4n) is 4.84. The van der Waals surface area contributed by atoms with Gasteiger partial charge in [0.05, 0.1) is 17.1 Å². The third-order valence-electron chi connectivity index (χ3n) is 7.25. The SMILES string of the molecule is C.C.C=C1COc2ccc(C)nc2N1.C=C1CSc2ccc(C)cc2N1.Cc1cc2c(cc1Cl)SCC(=O)N2.Cc1ccc2c(c1)NCCS2. The standard InChI is InChI=1S/C10H11NS.C9H8ClNOS.C9H10N2O.C9H11NS.2CH4/c1-7-3-4-10-9(5-7)11-8(2)6-12-10;1-5-2-7-8(3-6(5)10)13-4-9(12)11-7;1-6-3-4-8-9(10-6)11-7(2)5-12-8;1-7-2-3-9-8(6-7)10-4-5-11-9;;/h3-5,11H,2,6H2,1H3;2-3H,4H2,1H3,(H,11,12);3-4H,2,5H2,1H3,(H,10,11);2-3,6,10H,4-5H2,1H3;2*1H4. The molecule has 11 heteroatoms. The second kappa shape index (κ2) is 19.1. The van der Waals surface area contributed by atoms with Crippen LogP contribution in [0.25, 0.3) is 0 Å². The van der Waals surface area contributed by atoms with E-state index in [1.54, 1.807) is 0 Å². The van der Waals surface area contributed by atoms with Crippen LogP contribution >= 0.6 is 46.9 Å². The number of halogens is 1. The first-order chi connectivity index (χ1) is 23.0. The summed E-state index contributed by atoms with van der Waals surface area (Å²) in [5.74, 6) is 4.27. The highest BCUT2D eigenvalue weighted by Crippen LogP contribution is 2.36. The van der Waals surface area contributed by atoms with Crippen molar-refractivity contribution in [3.8, 4) is 5.75 Å². The van der Waals surface area contributed by atoms with Crippen molar-refractivity contribution in [2.24, 2.45) is 0 Å². The van der Waals surface area contributed by atoms with E-state index in [4.69, 9.17) is 16.3 Å². The van der Waals surface area contributed by atoms with Crippen LogP contribution in [0.5, 0.6) is 5.75 Å². The van der Waals surface area contributed by atoms with Gasteiger partial charge >= 0.3 is 0 Å². The van der Waals surface area contributed by atoms with Gasteiger partial charge in [0.25, 0.3) is 0 Å². The zero-order valence-electron chi connectivity index (χ0n) is 27.6. The summed E-state index contributed by atoms with van der Waals surface area (Å²) in [6, 6.07) is 20.7. The molecule has 0 saturated heterocycles. The Kier molecular flexibility index (Phi) is 15.5. The topological polar surface area (TPSA) is 87.3 Å². The fourth-order valence-corrected chi connectivity index (χ4v) is 7.60. The van der Waals surface area contributed by atoms with E-state index in [9.17, 15) is 4.79 Å². The number of anilines is 4. The lowest BCUT2D eigenvalue weighted by Crippen LogP contribution is -2.18. The molecule has 1 aromatic heterocycles. The van der Waals surface area contributed by atoms with Crippen LogP contribution in [0.2, 0.25) is 5.02 Å². The minimum atomic E-state index is 0. The van der Waals surface area contributed by atoms with Gasteiger partial charge in [0, 0.05) is 60.5 Å². The maximum atomic E-state index is 11.1. The first-order valence-electron chi connectivity index (χ1n) is 15.5. The van der Waals surface area contributed by atoms with Gasteiger partial charge in [-0.15, -0.1) is 35.3 Å². The number of carbonyl (C=O) groups is 1. The third-order valence-corrected chi connectivity index (χ3v) is 10.9. The molecule has 0 fully saturated rings. The van der Waals surface area contributed by atoms with Gasteiger partial charge < -0.3 is 26.0 Å². The average molecular weight is 750 g/mol. The summed E-state index contributed by atoms with van der Waals surface area (Å²) >= 11 is 11.3. The highest BCUT2D eigenvalue weighted by Gasteiger charge is 2.16. The van der Waals surface area contributed by atoms with E-state index in [0.29, 0.717) is 12.4 Å². The number of benzene rings is 3. The van der Waals surface area contributed by atoms with Crippen LogP contribution in [-0.4, -0.2) is 41.3 Å². The van der Waals surface area contributed by atoms with Gasteiger partial charge in [-0.1, -0.05) is 51.7 Å². The molecule has 3 aromatic carbocycles. The molecule has 7 nitrogen and oxygen atoms in total. The van der Waals surface area contributed by atoms with Crippen molar-refractivity contribution in [2.45, 2.75) is 57.2 Å². The Bertz CT molecular complexity index is 1780. The molecule has 1 amide bonds. The van der Waals surface area contributed by atoms with Gasteiger partial charge in [0.1, 0.15) is 6.61 Å². The first kappa shape index (κ1) is 40.7. The molecule has 4 N–H and O–H groups in total. The molecule has 266 valence electrons. The van der Waals surface area contributed by atoms with Crippen molar-refractivity contribution in [2.75, 3.05) is 51.7 Å². The highest BCUT2D eigenvalue weighted by atomic mass is 35.5. The first-order valence-corrected chi connectivity index (χ1v) is 18.8. The maximum Gasteiger partial charge on any atom is 0.234 e. The van der Waals surface area contributed by atoms with Crippen LogP contribution in [0.15, 0.2) is 99.9 Å². The van der Waals surface area contributed by atoms with Crippen LogP contribution in [0.1, 0.15) is 37.2 Å². The molecule has 4 aliphatic rings. The number of aromatic nitrogens is 1. The van der Waals surface area contributed by atoms with Crippen molar-refractivity contribution < 1.29 is 9.53 Å². The van der Waals surface area contributed by atoms with Gasteiger partial charge in [-0.25, -0.2) is 4.98 Å². The summed E-state index contributed by atoms with van der Waals surface area (Å²) < 4.78 is 5.37. The number of rotatable bonds is 0. The van der Waals surface area contributed by atoms with Crippen LogP contribution in [0, 0.1) is 27.7 Å². The summed E-state index contributed by atoms with van der Waals surface area (Å²) in [6.07, 6.45) is 0. The fraction of sp³-hybridized carbons (Fsp3) is 0.282. The Hall–Kier alpha value is -3.70. The second-order valence-electron chi connectivity index (χ2n) is 11.5. The predicted molar refractivity (Wildman–Crippen MR) is 221 cm³/mol. The number of pyridine rings is 1. The van der Waals surface area contributed by atoms with Crippen molar-refractivity contribution in [1.82, 2.24) is 4.98 Å². The zero-order chi connectivity index (χ0) is 34.2. The molecule has 5 heterocycles. The van der Waals surface area contributed by atoms with Crippen LogP contribution in [-0.2, 0) is 4.79 Å². The van der Waals surface area contributed by atoms with Gasteiger partial charge in [0.15, 0.2) is 11.6 Å². The molecule has 0 saturated carbocycles. The highest BCUT2D eigenvalue weighted by molar-refractivity contribution is 8.00. The van der Waals surface area contributed by atoms with E-state index >= 15 is 0 Å². The molecule has 0 aliphatic carbocycles. The molecule has 8 rings (SSSR count). The Balaban J connectivity index is 0.000000178. The summed E-state index contributed by atoms with van der Waals surface area (Å²) in [4.78, 5) is 19.1. The Morgan fingerprint density at radius 1 is 0.740 bits per heavy atom. The Morgan fingerprint density at radius 3 is 2.14 bits per heavy atom.